The molecule has 0 saturated heterocycles. The van der Waals surface area contributed by atoms with Crippen LogP contribution in [0.4, 0.5) is 0 Å². The van der Waals surface area contributed by atoms with Gasteiger partial charge in [0.2, 0.25) is 5.91 Å². The summed E-state index contributed by atoms with van der Waals surface area (Å²) in [6.07, 6.45) is 2.27. The molecule has 3 N–H and O–H groups in total. The van der Waals surface area contributed by atoms with E-state index in [1.165, 1.54) is 0 Å². The molecule has 9 heteroatoms. The van der Waals surface area contributed by atoms with E-state index in [4.69, 9.17) is 4.42 Å². The Morgan fingerprint density at radius 2 is 1.59 bits per heavy atom. The molecule has 0 aliphatic carbocycles. The zero-order chi connectivity index (χ0) is 24.5. The maximum Gasteiger partial charge on any atom is 0.358 e. The minimum atomic E-state index is -1.26. The molecule has 0 spiro atoms. The van der Waals surface area contributed by atoms with Crippen molar-refractivity contribution in [3.63, 3.8) is 0 Å². The highest BCUT2D eigenvalue weighted by Gasteiger charge is 2.30. The fourth-order valence-electron chi connectivity index (χ4n) is 3.52. The topological polar surface area (TPSA) is 130 Å². The SMILES string of the molecule is CC(NC(=O)[C@H](Cc1ccccc1)S[C@@H](CCc1ccccc1)C(=O)O)c1ocnc1C(=O)O. The molecule has 3 rings (SSSR count). The first-order valence-electron chi connectivity index (χ1n) is 10.8. The van der Waals surface area contributed by atoms with E-state index in [1.807, 2.05) is 60.7 Å². The Morgan fingerprint density at radius 3 is 2.18 bits per heavy atom. The Morgan fingerprint density at radius 1 is 0.971 bits per heavy atom. The Labute approximate surface area is 201 Å². The molecule has 1 heterocycles. The molecule has 3 aromatic rings. The fraction of sp³-hybridized carbons (Fsp3) is 0.280. The smallest absolute Gasteiger partial charge is 0.358 e. The standard InChI is InChI=1S/C25H26N2O6S/c1-16(22-21(25(31)32)26-15-33-22)27-23(28)20(14-18-10-6-3-7-11-18)34-19(24(29)30)13-12-17-8-4-2-5-9-17/h2-11,15-16,19-20H,12-14H2,1H3,(H,27,28)(H,29,30)(H,31,32)/t16?,19-,20-/m0/s1. The van der Waals surface area contributed by atoms with Crippen LogP contribution in [0, 0.1) is 0 Å². The van der Waals surface area contributed by atoms with E-state index in [1.54, 1.807) is 6.92 Å². The molecular weight excluding hydrogens is 456 g/mol. The molecule has 1 unspecified atom stereocenters. The van der Waals surface area contributed by atoms with E-state index < -0.39 is 34.4 Å². The van der Waals surface area contributed by atoms with Crippen molar-refractivity contribution in [1.82, 2.24) is 10.3 Å². The highest BCUT2D eigenvalue weighted by Crippen LogP contribution is 2.27. The number of oxazole rings is 1. The average molecular weight is 483 g/mol. The number of hydrogen-bond donors (Lipinski definition) is 3. The van der Waals surface area contributed by atoms with Crippen LogP contribution >= 0.6 is 11.8 Å². The predicted octanol–water partition coefficient (Wildman–Crippen LogP) is 3.98. The molecule has 0 saturated carbocycles. The van der Waals surface area contributed by atoms with Gasteiger partial charge in [-0.3, -0.25) is 9.59 Å². The number of carboxylic acids is 2. The monoisotopic (exact) mass is 482 g/mol. The van der Waals surface area contributed by atoms with Crippen LogP contribution in [0.2, 0.25) is 0 Å². The lowest BCUT2D eigenvalue weighted by Gasteiger charge is -2.22. The number of carboxylic acid groups (broad SMARTS) is 2. The maximum atomic E-state index is 13.2. The average Bonchev–Trinajstić information content (AvgIpc) is 3.33. The quantitative estimate of drug-likeness (QED) is 0.353. The highest BCUT2D eigenvalue weighted by molar-refractivity contribution is 8.01. The molecular formula is C25H26N2O6S. The summed E-state index contributed by atoms with van der Waals surface area (Å²) in [5, 5.41) is 20.4. The number of carbonyl (C=O) groups is 3. The minimum absolute atomic E-state index is 0.0307. The van der Waals surface area contributed by atoms with Gasteiger partial charge in [-0.05, 0) is 37.3 Å². The van der Waals surface area contributed by atoms with E-state index in [9.17, 15) is 24.6 Å². The molecule has 1 amide bonds. The van der Waals surface area contributed by atoms with Crippen molar-refractivity contribution >= 4 is 29.6 Å². The summed E-state index contributed by atoms with van der Waals surface area (Å²) in [6, 6.07) is 18.2. The van der Waals surface area contributed by atoms with E-state index in [0.717, 1.165) is 29.3 Å². The summed E-state index contributed by atoms with van der Waals surface area (Å²) in [4.78, 5) is 40.3. The zero-order valence-electron chi connectivity index (χ0n) is 18.6. The van der Waals surface area contributed by atoms with Gasteiger partial charge in [0.25, 0.3) is 0 Å². The summed E-state index contributed by atoms with van der Waals surface area (Å²) >= 11 is 1.10. The molecule has 0 fully saturated rings. The molecule has 2 aromatic carbocycles. The number of aromatic nitrogens is 1. The number of benzene rings is 2. The van der Waals surface area contributed by atoms with Gasteiger partial charge < -0.3 is 19.9 Å². The van der Waals surface area contributed by atoms with Crippen LogP contribution in [-0.2, 0) is 22.4 Å². The third kappa shape index (κ3) is 6.95. The molecule has 0 radical (unpaired) electrons. The van der Waals surface area contributed by atoms with Gasteiger partial charge in [0.1, 0.15) is 5.25 Å². The molecule has 178 valence electrons. The fourth-order valence-corrected chi connectivity index (χ4v) is 4.76. The van der Waals surface area contributed by atoms with Crippen molar-refractivity contribution in [2.45, 2.75) is 42.7 Å². The second-order valence-electron chi connectivity index (χ2n) is 7.77. The molecule has 1 aromatic heterocycles. The number of thioether (sulfide) groups is 1. The maximum absolute atomic E-state index is 13.2. The van der Waals surface area contributed by atoms with Crippen LogP contribution in [0.25, 0.3) is 0 Å². The van der Waals surface area contributed by atoms with E-state index in [0.29, 0.717) is 19.3 Å². The lowest BCUT2D eigenvalue weighted by molar-refractivity contribution is -0.136. The van der Waals surface area contributed by atoms with Gasteiger partial charge in [-0.2, -0.15) is 0 Å². The van der Waals surface area contributed by atoms with Gasteiger partial charge >= 0.3 is 11.9 Å². The predicted molar refractivity (Wildman–Crippen MR) is 128 cm³/mol. The molecule has 3 atom stereocenters. The van der Waals surface area contributed by atoms with Gasteiger partial charge in [0.15, 0.2) is 17.8 Å². The lowest BCUT2D eigenvalue weighted by atomic mass is 10.1. The van der Waals surface area contributed by atoms with Crippen LogP contribution in [0.15, 0.2) is 71.5 Å². The summed E-state index contributed by atoms with van der Waals surface area (Å²) < 4.78 is 5.19. The first kappa shape index (κ1) is 25.0. The molecule has 34 heavy (non-hydrogen) atoms. The van der Waals surface area contributed by atoms with Crippen molar-refractivity contribution in [2.75, 3.05) is 0 Å². The number of rotatable bonds is 12. The number of aromatic carboxylic acids is 1. The number of carbonyl (C=O) groups excluding carboxylic acids is 1. The van der Waals surface area contributed by atoms with E-state index in [-0.39, 0.29) is 11.5 Å². The van der Waals surface area contributed by atoms with Crippen LogP contribution in [0.5, 0.6) is 0 Å². The van der Waals surface area contributed by atoms with Gasteiger partial charge in [-0.25, -0.2) is 9.78 Å². The van der Waals surface area contributed by atoms with Crippen molar-refractivity contribution < 1.29 is 29.0 Å². The normalized spacial score (nSPS) is 13.6. The van der Waals surface area contributed by atoms with E-state index >= 15 is 0 Å². The number of nitrogens with zero attached hydrogens (tertiary/aromatic N) is 1. The molecule has 0 aliphatic heterocycles. The zero-order valence-corrected chi connectivity index (χ0v) is 19.4. The van der Waals surface area contributed by atoms with Crippen LogP contribution in [0.1, 0.15) is 46.8 Å². The summed E-state index contributed by atoms with van der Waals surface area (Å²) in [5.74, 6) is -2.61. The van der Waals surface area contributed by atoms with E-state index in [2.05, 4.69) is 10.3 Å². The Kier molecular flexibility index (Phi) is 8.86. The molecule has 8 nitrogen and oxygen atoms in total. The van der Waals surface area contributed by atoms with Gasteiger partial charge in [-0.15, -0.1) is 11.8 Å². The Balaban J connectivity index is 1.76. The second kappa shape index (κ2) is 12.0. The van der Waals surface area contributed by atoms with Crippen LogP contribution in [0.3, 0.4) is 0 Å². The minimum Gasteiger partial charge on any atom is -0.480 e. The Hall–Kier alpha value is -3.59. The number of amides is 1. The first-order valence-corrected chi connectivity index (χ1v) is 11.7. The van der Waals surface area contributed by atoms with Gasteiger partial charge in [-0.1, -0.05) is 60.7 Å². The molecule has 0 aliphatic rings. The van der Waals surface area contributed by atoms with Crippen molar-refractivity contribution in [3.05, 3.63) is 89.6 Å². The number of hydrogen-bond acceptors (Lipinski definition) is 6. The number of aryl methyl sites for hydroxylation is 1. The van der Waals surface area contributed by atoms with Crippen molar-refractivity contribution in [1.29, 1.82) is 0 Å². The van der Waals surface area contributed by atoms with Gasteiger partial charge in [0.05, 0.1) is 11.3 Å². The largest absolute Gasteiger partial charge is 0.480 e. The number of aliphatic carboxylic acids is 1. The summed E-state index contributed by atoms with van der Waals surface area (Å²) in [5.41, 5.74) is 1.64. The number of nitrogens with one attached hydrogen (secondary N) is 1. The summed E-state index contributed by atoms with van der Waals surface area (Å²) in [7, 11) is 0. The molecule has 0 bridgehead atoms. The Bertz CT molecular complexity index is 1100. The lowest BCUT2D eigenvalue weighted by Crippen LogP contribution is -2.38. The van der Waals surface area contributed by atoms with Crippen molar-refractivity contribution in [3.8, 4) is 0 Å². The van der Waals surface area contributed by atoms with Crippen LogP contribution in [-0.4, -0.2) is 43.5 Å². The summed E-state index contributed by atoms with van der Waals surface area (Å²) in [6.45, 7) is 1.60. The van der Waals surface area contributed by atoms with Crippen molar-refractivity contribution in [2.24, 2.45) is 0 Å². The highest BCUT2D eigenvalue weighted by atomic mass is 32.2. The third-order valence-electron chi connectivity index (χ3n) is 5.25. The first-order chi connectivity index (χ1) is 16.3. The van der Waals surface area contributed by atoms with Crippen LogP contribution < -0.4 is 5.32 Å². The third-order valence-corrected chi connectivity index (χ3v) is 6.72. The second-order valence-corrected chi connectivity index (χ2v) is 9.18. The van der Waals surface area contributed by atoms with Gasteiger partial charge in [0, 0.05) is 0 Å².